The summed E-state index contributed by atoms with van der Waals surface area (Å²) < 4.78 is 33.1. The van der Waals surface area contributed by atoms with Crippen molar-refractivity contribution < 1.29 is 13.2 Å². The third kappa shape index (κ3) is 5.90. The summed E-state index contributed by atoms with van der Waals surface area (Å²) in [7, 11) is -3.58. The maximum Gasteiger partial charge on any atom is 0.233 e. The fraction of sp³-hybridized carbons (Fsp3) is 0.333. The van der Waals surface area contributed by atoms with Gasteiger partial charge in [-0.2, -0.15) is 0 Å². The molecule has 2 aromatic rings. The highest BCUT2D eigenvalue weighted by atomic mass is 35.5. The molecule has 1 N–H and O–H groups in total. The average molecular weight is 421 g/mol. The average Bonchev–Trinajstić information content (AvgIpc) is 2.70. The summed E-state index contributed by atoms with van der Waals surface area (Å²) in [5.41, 5.74) is 2.88. The van der Waals surface area contributed by atoms with E-state index in [1.54, 1.807) is 6.08 Å². The molecule has 0 spiro atoms. The van der Waals surface area contributed by atoms with Crippen LogP contribution in [0.4, 0.5) is 0 Å². The minimum Gasteiger partial charge on any atom is -0.379 e. The van der Waals surface area contributed by atoms with E-state index in [9.17, 15) is 8.42 Å². The van der Waals surface area contributed by atoms with Crippen LogP contribution in [0.15, 0.2) is 53.9 Å². The predicted octanol–water partition coefficient (Wildman–Crippen LogP) is 3.61. The van der Waals surface area contributed by atoms with Crippen LogP contribution in [0.1, 0.15) is 22.7 Å². The second-order valence-electron chi connectivity index (χ2n) is 6.79. The lowest BCUT2D eigenvalue weighted by Crippen LogP contribution is -2.43. The summed E-state index contributed by atoms with van der Waals surface area (Å²) in [6.07, 6.45) is 1.60. The molecule has 2 aromatic carbocycles. The van der Waals surface area contributed by atoms with Gasteiger partial charge in [-0.1, -0.05) is 59.6 Å². The molecule has 1 heterocycles. The van der Waals surface area contributed by atoms with Gasteiger partial charge in [0, 0.05) is 36.1 Å². The molecule has 1 unspecified atom stereocenters. The van der Waals surface area contributed by atoms with Crippen molar-refractivity contribution in [1.82, 2.24) is 9.62 Å². The minimum atomic E-state index is -3.58. The van der Waals surface area contributed by atoms with Gasteiger partial charge in [0.2, 0.25) is 10.0 Å². The van der Waals surface area contributed by atoms with Crippen LogP contribution in [0.2, 0.25) is 5.02 Å². The number of hydrogen-bond acceptors (Lipinski definition) is 4. The molecule has 0 aliphatic carbocycles. The van der Waals surface area contributed by atoms with Crippen molar-refractivity contribution in [3.05, 3.63) is 75.7 Å². The van der Waals surface area contributed by atoms with Gasteiger partial charge in [0.1, 0.15) is 0 Å². The van der Waals surface area contributed by atoms with Crippen LogP contribution >= 0.6 is 11.6 Å². The molecule has 7 heteroatoms. The van der Waals surface area contributed by atoms with Gasteiger partial charge in [-0.25, -0.2) is 13.1 Å². The summed E-state index contributed by atoms with van der Waals surface area (Å²) >= 11 is 6.39. The number of nitrogens with one attached hydrogen (secondary N) is 1. The van der Waals surface area contributed by atoms with Crippen LogP contribution in [0, 0.1) is 6.92 Å². The standard InChI is InChI=1S/C21H25ClN2O3S/c1-17-6-8-18(9-7-17)10-15-28(25,26)23-16-21(24-11-13-27-14-12-24)19-4-2-3-5-20(19)22/h2-10,15,21,23H,11-14,16H2,1H3/b15-10+. The number of morpholine rings is 1. The van der Waals surface area contributed by atoms with Gasteiger partial charge >= 0.3 is 0 Å². The molecule has 0 aromatic heterocycles. The number of ether oxygens (including phenoxy) is 1. The maximum absolute atomic E-state index is 12.5. The Morgan fingerprint density at radius 3 is 2.50 bits per heavy atom. The fourth-order valence-corrected chi connectivity index (χ4v) is 4.24. The first kappa shape index (κ1) is 21.0. The van der Waals surface area contributed by atoms with Crippen LogP contribution in [-0.2, 0) is 14.8 Å². The Balaban J connectivity index is 1.73. The highest BCUT2D eigenvalue weighted by Gasteiger charge is 2.25. The number of aryl methyl sites for hydroxylation is 1. The first-order valence-electron chi connectivity index (χ1n) is 9.25. The molecule has 150 valence electrons. The van der Waals surface area contributed by atoms with Gasteiger partial charge in [-0.3, -0.25) is 4.90 Å². The quantitative estimate of drug-likeness (QED) is 0.743. The monoisotopic (exact) mass is 420 g/mol. The second kappa shape index (κ2) is 9.67. The number of nitrogens with zero attached hydrogens (tertiary/aromatic N) is 1. The zero-order valence-corrected chi connectivity index (χ0v) is 17.4. The molecule has 1 aliphatic rings. The topological polar surface area (TPSA) is 58.6 Å². The van der Waals surface area contributed by atoms with E-state index in [2.05, 4.69) is 9.62 Å². The molecule has 3 rings (SSSR count). The Morgan fingerprint density at radius 2 is 1.82 bits per heavy atom. The molecule has 1 atom stereocenters. The third-order valence-electron chi connectivity index (χ3n) is 4.75. The molecule has 1 saturated heterocycles. The number of hydrogen-bond donors (Lipinski definition) is 1. The molecule has 28 heavy (non-hydrogen) atoms. The van der Waals surface area contributed by atoms with Gasteiger partial charge in [0.05, 0.1) is 13.2 Å². The summed E-state index contributed by atoms with van der Waals surface area (Å²) in [6, 6.07) is 15.1. The summed E-state index contributed by atoms with van der Waals surface area (Å²) in [5, 5.41) is 1.84. The smallest absolute Gasteiger partial charge is 0.233 e. The molecule has 0 saturated carbocycles. The zero-order chi connectivity index (χ0) is 20.0. The summed E-state index contributed by atoms with van der Waals surface area (Å²) in [5.74, 6) is 0. The molecule has 0 amide bonds. The normalized spacial score (nSPS) is 17.1. The predicted molar refractivity (Wildman–Crippen MR) is 114 cm³/mol. The van der Waals surface area contributed by atoms with E-state index >= 15 is 0 Å². The van der Waals surface area contributed by atoms with Crippen molar-refractivity contribution in [3.63, 3.8) is 0 Å². The Morgan fingerprint density at radius 1 is 1.14 bits per heavy atom. The van der Waals surface area contributed by atoms with Crippen molar-refractivity contribution in [2.75, 3.05) is 32.8 Å². The number of benzene rings is 2. The van der Waals surface area contributed by atoms with Gasteiger partial charge in [0.25, 0.3) is 0 Å². The molecule has 5 nitrogen and oxygen atoms in total. The number of halogens is 1. The highest BCUT2D eigenvalue weighted by molar-refractivity contribution is 7.92. The first-order chi connectivity index (χ1) is 13.4. The zero-order valence-electron chi connectivity index (χ0n) is 15.8. The summed E-state index contributed by atoms with van der Waals surface area (Å²) in [4.78, 5) is 2.21. The molecular weight excluding hydrogens is 396 g/mol. The van der Waals surface area contributed by atoms with Gasteiger partial charge in [0.15, 0.2) is 0 Å². The van der Waals surface area contributed by atoms with Gasteiger partial charge in [-0.05, 0) is 30.2 Å². The second-order valence-corrected chi connectivity index (χ2v) is 8.85. The van der Waals surface area contributed by atoms with Crippen molar-refractivity contribution in [2.24, 2.45) is 0 Å². The summed E-state index contributed by atoms with van der Waals surface area (Å²) in [6.45, 7) is 4.95. The van der Waals surface area contributed by atoms with Crippen molar-refractivity contribution >= 4 is 27.7 Å². The van der Waals surface area contributed by atoms with Crippen LogP contribution in [0.25, 0.3) is 6.08 Å². The van der Waals surface area contributed by atoms with Gasteiger partial charge in [-0.15, -0.1) is 0 Å². The molecule has 1 fully saturated rings. The lowest BCUT2D eigenvalue weighted by atomic mass is 10.0. The van der Waals surface area contributed by atoms with Crippen molar-refractivity contribution in [2.45, 2.75) is 13.0 Å². The van der Waals surface area contributed by atoms with E-state index in [1.165, 1.54) is 5.41 Å². The Kier molecular flexibility index (Phi) is 7.26. The molecule has 0 radical (unpaired) electrons. The lowest BCUT2D eigenvalue weighted by Gasteiger charge is -2.35. The van der Waals surface area contributed by atoms with E-state index in [1.807, 2.05) is 55.5 Å². The van der Waals surface area contributed by atoms with E-state index < -0.39 is 10.0 Å². The lowest BCUT2D eigenvalue weighted by molar-refractivity contribution is 0.0172. The Hall–Kier alpha value is -1.70. The van der Waals surface area contributed by atoms with Crippen LogP contribution in [0.5, 0.6) is 0 Å². The van der Waals surface area contributed by atoms with Crippen molar-refractivity contribution in [1.29, 1.82) is 0 Å². The third-order valence-corrected chi connectivity index (χ3v) is 6.15. The van der Waals surface area contributed by atoms with Gasteiger partial charge < -0.3 is 4.74 Å². The van der Waals surface area contributed by atoms with E-state index in [0.717, 1.165) is 29.8 Å². The minimum absolute atomic E-state index is 0.153. The SMILES string of the molecule is Cc1ccc(/C=C/S(=O)(=O)NCC(c2ccccc2Cl)N2CCOCC2)cc1. The van der Waals surface area contributed by atoms with Crippen LogP contribution in [0.3, 0.4) is 0 Å². The molecular formula is C21H25ClN2O3S. The molecule has 0 bridgehead atoms. The molecule has 1 aliphatic heterocycles. The maximum atomic E-state index is 12.5. The fourth-order valence-electron chi connectivity index (χ4n) is 3.16. The van der Waals surface area contributed by atoms with E-state index in [0.29, 0.717) is 18.2 Å². The van der Waals surface area contributed by atoms with Crippen LogP contribution < -0.4 is 4.72 Å². The van der Waals surface area contributed by atoms with E-state index in [-0.39, 0.29) is 12.6 Å². The largest absolute Gasteiger partial charge is 0.379 e. The Bertz CT molecular complexity index is 908. The first-order valence-corrected chi connectivity index (χ1v) is 11.2. The van der Waals surface area contributed by atoms with E-state index in [4.69, 9.17) is 16.3 Å². The number of rotatable bonds is 7. The number of sulfonamides is 1. The van der Waals surface area contributed by atoms with Crippen molar-refractivity contribution in [3.8, 4) is 0 Å². The Labute approximate surface area is 172 Å². The highest BCUT2D eigenvalue weighted by Crippen LogP contribution is 2.28. The van der Waals surface area contributed by atoms with Crippen LogP contribution in [-0.4, -0.2) is 46.2 Å².